The zero-order chi connectivity index (χ0) is 12.4. The van der Waals surface area contributed by atoms with Crippen molar-refractivity contribution in [2.45, 2.75) is 63.8 Å². The van der Waals surface area contributed by atoms with Crippen molar-refractivity contribution in [1.82, 2.24) is 10.0 Å². The molecule has 1 saturated heterocycles. The quantitative estimate of drug-likeness (QED) is 0.790. The second-order valence-corrected chi connectivity index (χ2v) is 8.05. The lowest BCUT2D eigenvalue weighted by Gasteiger charge is -2.31. The maximum absolute atomic E-state index is 12.0. The molecule has 2 atom stereocenters. The number of hydrogen-bond acceptors (Lipinski definition) is 3. The van der Waals surface area contributed by atoms with Gasteiger partial charge in [-0.05, 0) is 47.1 Å². The van der Waals surface area contributed by atoms with Gasteiger partial charge in [0.25, 0.3) is 0 Å². The number of piperidine rings is 1. The van der Waals surface area contributed by atoms with Crippen LogP contribution in [0.3, 0.4) is 0 Å². The maximum atomic E-state index is 12.0. The van der Waals surface area contributed by atoms with Gasteiger partial charge in [0.15, 0.2) is 0 Å². The molecule has 96 valence electrons. The summed E-state index contributed by atoms with van der Waals surface area (Å²) < 4.78 is 26.0. The third kappa shape index (κ3) is 3.43. The molecule has 4 nitrogen and oxygen atoms in total. The van der Waals surface area contributed by atoms with E-state index in [4.69, 9.17) is 0 Å². The molecule has 0 radical (unpaired) electrons. The molecule has 16 heavy (non-hydrogen) atoms. The third-order valence-electron chi connectivity index (χ3n) is 3.10. The van der Waals surface area contributed by atoms with Crippen LogP contribution in [0.15, 0.2) is 0 Å². The summed E-state index contributed by atoms with van der Waals surface area (Å²) in [5.74, 6) is 0. The number of rotatable bonds is 3. The summed E-state index contributed by atoms with van der Waals surface area (Å²) in [4.78, 5) is 0. The van der Waals surface area contributed by atoms with E-state index in [0.717, 1.165) is 13.0 Å². The minimum Gasteiger partial charge on any atom is -0.312 e. The Bertz CT molecular complexity index is 313. The summed E-state index contributed by atoms with van der Waals surface area (Å²) in [5.41, 5.74) is 0. The van der Waals surface area contributed by atoms with Crippen molar-refractivity contribution < 1.29 is 8.42 Å². The first-order valence-electron chi connectivity index (χ1n) is 5.99. The van der Waals surface area contributed by atoms with E-state index in [1.165, 1.54) is 12.8 Å². The Hall–Kier alpha value is -0.130. The molecule has 0 aromatic heterocycles. The standard InChI is InChI=1S/C11H24N2O2S/c1-9(10-7-5-6-8-12-10)13-16(14,15)11(2,3)4/h9-10,12-13H,5-8H2,1-4H3. The van der Waals surface area contributed by atoms with Crippen molar-refractivity contribution >= 4 is 10.0 Å². The molecule has 0 spiro atoms. The molecule has 0 aliphatic carbocycles. The average molecular weight is 248 g/mol. The fraction of sp³-hybridized carbons (Fsp3) is 1.00. The average Bonchev–Trinajstić information content (AvgIpc) is 2.16. The summed E-state index contributed by atoms with van der Waals surface area (Å²) >= 11 is 0. The molecule has 0 aromatic rings. The van der Waals surface area contributed by atoms with E-state index in [0.29, 0.717) is 0 Å². The molecule has 2 N–H and O–H groups in total. The van der Waals surface area contributed by atoms with Gasteiger partial charge in [-0.3, -0.25) is 0 Å². The molecule has 0 bridgehead atoms. The van der Waals surface area contributed by atoms with E-state index >= 15 is 0 Å². The minimum atomic E-state index is -3.24. The summed E-state index contributed by atoms with van der Waals surface area (Å²) in [6.45, 7) is 8.08. The van der Waals surface area contributed by atoms with Crippen molar-refractivity contribution in [2.24, 2.45) is 0 Å². The van der Waals surface area contributed by atoms with Gasteiger partial charge in [0, 0.05) is 12.1 Å². The highest BCUT2D eigenvalue weighted by Gasteiger charge is 2.32. The lowest BCUT2D eigenvalue weighted by molar-refractivity contribution is 0.345. The first-order valence-corrected chi connectivity index (χ1v) is 7.47. The summed E-state index contributed by atoms with van der Waals surface area (Å²) in [6.07, 6.45) is 3.42. The van der Waals surface area contributed by atoms with Crippen LogP contribution in [0, 0.1) is 0 Å². The van der Waals surface area contributed by atoms with E-state index < -0.39 is 14.8 Å². The molecule has 1 aliphatic rings. The van der Waals surface area contributed by atoms with Crippen LogP contribution in [0.1, 0.15) is 47.0 Å². The van der Waals surface area contributed by atoms with Crippen molar-refractivity contribution in [3.63, 3.8) is 0 Å². The molecular formula is C11H24N2O2S. The van der Waals surface area contributed by atoms with Crippen molar-refractivity contribution in [3.05, 3.63) is 0 Å². The second kappa shape index (κ2) is 5.02. The van der Waals surface area contributed by atoms with Crippen molar-refractivity contribution in [1.29, 1.82) is 0 Å². The Morgan fingerprint density at radius 2 is 1.94 bits per heavy atom. The normalized spacial score (nSPS) is 25.4. The monoisotopic (exact) mass is 248 g/mol. The fourth-order valence-electron chi connectivity index (χ4n) is 1.81. The van der Waals surface area contributed by atoms with Gasteiger partial charge in [-0.2, -0.15) is 0 Å². The Labute approximate surface area is 99.2 Å². The Morgan fingerprint density at radius 3 is 2.38 bits per heavy atom. The Morgan fingerprint density at radius 1 is 1.31 bits per heavy atom. The van der Waals surface area contributed by atoms with Gasteiger partial charge >= 0.3 is 0 Å². The molecule has 0 amide bonds. The van der Waals surface area contributed by atoms with Crippen LogP contribution in [-0.4, -0.2) is 31.8 Å². The molecule has 2 unspecified atom stereocenters. The van der Waals surface area contributed by atoms with Crippen molar-refractivity contribution in [3.8, 4) is 0 Å². The lowest BCUT2D eigenvalue weighted by Crippen LogP contribution is -2.53. The summed E-state index contributed by atoms with van der Waals surface area (Å²) in [6, 6.07) is 0.232. The lowest BCUT2D eigenvalue weighted by atomic mass is 10.00. The van der Waals surface area contributed by atoms with Crippen LogP contribution in [-0.2, 0) is 10.0 Å². The Kier molecular flexibility index (Phi) is 4.37. The highest BCUT2D eigenvalue weighted by molar-refractivity contribution is 7.90. The molecule has 1 heterocycles. The molecule has 0 saturated carbocycles. The van der Waals surface area contributed by atoms with Gasteiger partial charge in [-0.25, -0.2) is 13.1 Å². The van der Waals surface area contributed by atoms with Crippen LogP contribution >= 0.6 is 0 Å². The molecule has 1 fully saturated rings. The molecule has 1 rings (SSSR count). The van der Waals surface area contributed by atoms with Gasteiger partial charge in [0.05, 0.1) is 4.75 Å². The van der Waals surface area contributed by atoms with Gasteiger partial charge < -0.3 is 5.32 Å². The number of nitrogens with one attached hydrogen (secondary N) is 2. The van der Waals surface area contributed by atoms with E-state index in [2.05, 4.69) is 10.0 Å². The molecule has 0 aromatic carbocycles. The highest BCUT2D eigenvalue weighted by Crippen LogP contribution is 2.16. The fourth-order valence-corrected chi connectivity index (χ4v) is 2.82. The summed E-state index contributed by atoms with van der Waals surface area (Å²) in [5, 5.41) is 3.37. The zero-order valence-electron chi connectivity index (χ0n) is 10.7. The van der Waals surface area contributed by atoms with Gasteiger partial charge in [-0.1, -0.05) is 6.42 Å². The molecule has 1 aliphatic heterocycles. The van der Waals surface area contributed by atoms with Crippen LogP contribution in [0.4, 0.5) is 0 Å². The zero-order valence-corrected chi connectivity index (χ0v) is 11.5. The third-order valence-corrected chi connectivity index (χ3v) is 5.39. The number of sulfonamides is 1. The van der Waals surface area contributed by atoms with Gasteiger partial charge in [-0.15, -0.1) is 0 Å². The van der Waals surface area contributed by atoms with Gasteiger partial charge in [0.1, 0.15) is 0 Å². The first kappa shape index (κ1) is 13.9. The molecule has 5 heteroatoms. The Balaban J connectivity index is 2.60. The van der Waals surface area contributed by atoms with Crippen LogP contribution in [0.5, 0.6) is 0 Å². The first-order chi connectivity index (χ1) is 7.24. The SMILES string of the molecule is CC(NS(=O)(=O)C(C)(C)C)C1CCCCN1. The molecular weight excluding hydrogens is 224 g/mol. The maximum Gasteiger partial charge on any atom is 0.216 e. The predicted octanol–water partition coefficient (Wildman–Crippen LogP) is 1.23. The van der Waals surface area contributed by atoms with Crippen LogP contribution in [0.2, 0.25) is 0 Å². The van der Waals surface area contributed by atoms with Gasteiger partial charge in [0.2, 0.25) is 10.0 Å². The summed E-state index contributed by atoms with van der Waals surface area (Å²) in [7, 11) is -3.24. The van der Waals surface area contributed by atoms with E-state index in [-0.39, 0.29) is 12.1 Å². The van der Waals surface area contributed by atoms with E-state index in [9.17, 15) is 8.42 Å². The second-order valence-electron chi connectivity index (χ2n) is 5.58. The predicted molar refractivity (Wildman–Crippen MR) is 66.9 cm³/mol. The van der Waals surface area contributed by atoms with Crippen LogP contribution in [0.25, 0.3) is 0 Å². The van der Waals surface area contributed by atoms with Crippen LogP contribution < -0.4 is 10.0 Å². The topological polar surface area (TPSA) is 58.2 Å². The highest BCUT2D eigenvalue weighted by atomic mass is 32.2. The minimum absolute atomic E-state index is 0.0375. The smallest absolute Gasteiger partial charge is 0.216 e. The van der Waals surface area contributed by atoms with E-state index in [1.54, 1.807) is 20.8 Å². The van der Waals surface area contributed by atoms with E-state index in [1.807, 2.05) is 6.92 Å². The largest absolute Gasteiger partial charge is 0.312 e. The van der Waals surface area contributed by atoms with Crippen molar-refractivity contribution in [2.75, 3.05) is 6.54 Å². The number of hydrogen-bond donors (Lipinski definition) is 2.